The zero-order valence-electron chi connectivity index (χ0n) is 14.0. The van der Waals surface area contributed by atoms with Gasteiger partial charge >= 0.3 is 0 Å². The fraction of sp³-hybridized carbons (Fsp3) is 1.00. The van der Waals surface area contributed by atoms with Gasteiger partial charge in [-0.15, -0.1) is 0 Å². The molecule has 5 nitrogen and oxygen atoms in total. The van der Waals surface area contributed by atoms with E-state index in [-0.39, 0.29) is 0 Å². The summed E-state index contributed by atoms with van der Waals surface area (Å²) in [6.45, 7) is 8.71. The third kappa shape index (κ3) is 8.64. The average Bonchev–Trinajstić information content (AvgIpc) is 3.32. The van der Waals surface area contributed by atoms with E-state index < -0.39 is 7.14 Å². The van der Waals surface area contributed by atoms with Crippen LogP contribution in [0.1, 0.15) is 26.7 Å². The summed E-state index contributed by atoms with van der Waals surface area (Å²) in [5, 5.41) is 0. The summed E-state index contributed by atoms with van der Waals surface area (Å²) >= 11 is 0. The molecular weight excluding hydrogens is 303 g/mol. The van der Waals surface area contributed by atoms with E-state index in [0.717, 1.165) is 44.5 Å². The molecule has 0 aliphatic carbocycles. The Morgan fingerprint density at radius 2 is 1.45 bits per heavy atom. The quantitative estimate of drug-likeness (QED) is 0.278. The van der Waals surface area contributed by atoms with E-state index in [1.807, 2.05) is 0 Å². The van der Waals surface area contributed by atoms with E-state index in [0.29, 0.717) is 44.6 Å². The lowest BCUT2D eigenvalue weighted by atomic mass is 10.3. The molecule has 22 heavy (non-hydrogen) atoms. The highest BCUT2D eigenvalue weighted by atomic mass is 31.2. The van der Waals surface area contributed by atoms with Crippen molar-refractivity contribution in [3.8, 4) is 0 Å². The van der Waals surface area contributed by atoms with Gasteiger partial charge in [0.25, 0.3) is 0 Å². The summed E-state index contributed by atoms with van der Waals surface area (Å²) in [4.78, 5) is 0. The van der Waals surface area contributed by atoms with Crippen LogP contribution < -0.4 is 0 Å². The lowest BCUT2D eigenvalue weighted by Gasteiger charge is -2.20. The predicted octanol–water partition coefficient (Wildman–Crippen LogP) is 2.62. The van der Waals surface area contributed by atoms with Crippen molar-refractivity contribution in [2.45, 2.75) is 38.9 Å². The van der Waals surface area contributed by atoms with Gasteiger partial charge in [-0.05, 0) is 18.8 Å². The third-order valence-electron chi connectivity index (χ3n) is 3.82. The van der Waals surface area contributed by atoms with Crippen molar-refractivity contribution in [3.63, 3.8) is 0 Å². The minimum Gasteiger partial charge on any atom is -0.379 e. The third-order valence-corrected chi connectivity index (χ3v) is 7.48. The second kappa shape index (κ2) is 9.39. The van der Waals surface area contributed by atoms with Gasteiger partial charge in [0.15, 0.2) is 0 Å². The van der Waals surface area contributed by atoms with E-state index in [2.05, 4.69) is 13.8 Å². The number of rotatable bonds is 14. The van der Waals surface area contributed by atoms with Gasteiger partial charge in [0.2, 0.25) is 0 Å². The molecule has 2 saturated heterocycles. The minimum atomic E-state index is -2.09. The highest BCUT2D eigenvalue weighted by Crippen LogP contribution is 2.48. The van der Waals surface area contributed by atoms with Gasteiger partial charge in [-0.2, -0.15) is 0 Å². The van der Waals surface area contributed by atoms with E-state index in [4.69, 9.17) is 18.9 Å². The van der Waals surface area contributed by atoms with Crippen LogP contribution in [0.4, 0.5) is 0 Å². The van der Waals surface area contributed by atoms with Crippen molar-refractivity contribution >= 4 is 7.14 Å². The van der Waals surface area contributed by atoms with Gasteiger partial charge in [-0.3, -0.25) is 0 Å². The molecule has 0 saturated carbocycles. The van der Waals surface area contributed by atoms with Crippen molar-refractivity contribution in [3.05, 3.63) is 0 Å². The van der Waals surface area contributed by atoms with E-state index in [1.54, 1.807) is 0 Å². The molecule has 0 aromatic rings. The number of ether oxygens (including phenoxy) is 4. The summed E-state index contributed by atoms with van der Waals surface area (Å²) in [5.41, 5.74) is 0. The molecule has 2 unspecified atom stereocenters. The zero-order valence-corrected chi connectivity index (χ0v) is 14.9. The molecule has 0 N–H and O–H groups in total. The lowest BCUT2D eigenvalue weighted by Crippen LogP contribution is -2.11. The molecule has 0 radical (unpaired) electrons. The van der Waals surface area contributed by atoms with Crippen LogP contribution in [0.15, 0.2) is 0 Å². The smallest absolute Gasteiger partial charge is 0.104 e. The Hall–Kier alpha value is 0.0700. The van der Waals surface area contributed by atoms with Crippen molar-refractivity contribution < 1.29 is 23.5 Å². The van der Waals surface area contributed by atoms with Crippen molar-refractivity contribution in [2.75, 3.05) is 58.1 Å². The average molecular weight is 334 g/mol. The van der Waals surface area contributed by atoms with Crippen molar-refractivity contribution in [1.82, 2.24) is 0 Å². The van der Waals surface area contributed by atoms with Gasteiger partial charge in [-0.25, -0.2) is 0 Å². The summed E-state index contributed by atoms with van der Waals surface area (Å²) in [6.07, 6.45) is 4.82. The van der Waals surface area contributed by atoms with Crippen LogP contribution in [-0.2, 0) is 23.5 Å². The van der Waals surface area contributed by atoms with Crippen LogP contribution in [0.3, 0.4) is 0 Å². The first-order valence-corrected chi connectivity index (χ1v) is 10.8. The lowest BCUT2D eigenvalue weighted by molar-refractivity contribution is 0.116. The van der Waals surface area contributed by atoms with Gasteiger partial charge in [0.05, 0.1) is 33.6 Å². The van der Waals surface area contributed by atoms with Crippen LogP contribution in [0.2, 0.25) is 0 Å². The maximum absolute atomic E-state index is 13.1. The summed E-state index contributed by atoms with van der Waals surface area (Å²) in [7, 11) is -2.09. The highest BCUT2D eigenvalue weighted by molar-refractivity contribution is 7.63. The second-order valence-electron chi connectivity index (χ2n) is 6.85. The summed E-state index contributed by atoms with van der Waals surface area (Å²) < 4.78 is 34.4. The van der Waals surface area contributed by atoms with Gasteiger partial charge in [-0.1, -0.05) is 13.8 Å². The van der Waals surface area contributed by atoms with Crippen LogP contribution in [-0.4, -0.2) is 70.3 Å². The summed E-state index contributed by atoms with van der Waals surface area (Å²) in [6, 6.07) is 0. The molecule has 2 fully saturated rings. The zero-order chi connectivity index (χ0) is 15.8. The first-order chi connectivity index (χ1) is 10.6. The molecule has 2 rings (SSSR count). The van der Waals surface area contributed by atoms with Crippen molar-refractivity contribution in [1.29, 1.82) is 0 Å². The summed E-state index contributed by atoms with van der Waals surface area (Å²) in [5.74, 6) is 0.479. The fourth-order valence-electron chi connectivity index (χ4n) is 2.63. The molecule has 0 amide bonds. The molecule has 0 bridgehead atoms. The van der Waals surface area contributed by atoms with Gasteiger partial charge in [0.1, 0.15) is 12.2 Å². The van der Waals surface area contributed by atoms with E-state index in [1.165, 1.54) is 0 Å². The van der Waals surface area contributed by atoms with Crippen LogP contribution in [0, 0.1) is 5.92 Å². The monoisotopic (exact) mass is 334 g/mol. The Kier molecular flexibility index (Phi) is 7.85. The Balaban J connectivity index is 1.57. The predicted molar refractivity (Wildman–Crippen MR) is 87.4 cm³/mol. The normalized spacial score (nSPS) is 26.1. The Labute approximate surface area is 134 Å². The number of hydrogen-bond donors (Lipinski definition) is 0. The van der Waals surface area contributed by atoms with E-state index in [9.17, 15) is 4.57 Å². The highest BCUT2D eigenvalue weighted by Gasteiger charge is 2.25. The Bertz CT molecular complexity index is 326. The molecular formula is C16H31O5P. The molecule has 2 atom stereocenters. The van der Waals surface area contributed by atoms with Gasteiger partial charge < -0.3 is 23.5 Å². The molecule has 2 aliphatic rings. The fourth-order valence-corrected chi connectivity index (χ4v) is 5.96. The molecule has 2 heterocycles. The largest absolute Gasteiger partial charge is 0.379 e. The van der Waals surface area contributed by atoms with E-state index >= 15 is 0 Å². The maximum atomic E-state index is 13.1. The first kappa shape index (κ1) is 18.4. The SMILES string of the molecule is CC(C)CP(=O)(CCCOCC1CO1)CCCOCC1CO1. The van der Waals surface area contributed by atoms with Crippen LogP contribution in [0.5, 0.6) is 0 Å². The van der Waals surface area contributed by atoms with Crippen LogP contribution in [0.25, 0.3) is 0 Å². The molecule has 130 valence electrons. The molecule has 0 aromatic heterocycles. The minimum absolute atomic E-state index is 0.315. The molecule has 6 heteroatoms. The Morgan fingerprint density at radius 1 is 1.00 bits per heavy atom. The molecule has 0 aromatic carbocycles. The van der Waals surface area contributed by atoms with Crippen molar-refractivity contribution in [2.24, 2.45) is 5.92 Å². The topological polar surface area (TPSA) is 60.6 Å². The number of hydrogen-bond acceptors (Lipinski definition) is 5. The Morgan fingerprint density at radius 3 is 1.82 bits per heavy atom. The standard InChI is InChI=1S/C16H31O5P/c1-14(2)13-22(17,7-3-5-18-9-15-11-20-15)8-4-6-19-10-16-12-21-16/h14-16H,3-13H2,1-2H3. The maximum Gasteiger partial charge on any atom is 0.104 e. The van der Waals surface area contributed by atoms with Gasteiger partial charge in [0, 0.05) is 31.7 Å². The molecule has 2 aliphatic heterocycles. The first-order valence-electron chi connectivity index (χ1n) is 8.53. The molecule has 0 spiro atoms. The second-order valence-corrected chi connectivity index (χ2v) is 10.2. The number of epoxide rings is 2. The van der Waals surface area contributed by atoms with Crippen LogP contribution >= 0.6 is 7.14 Å².